The van der Waals surface area contributed by atoms with Crippen LogP contribution in [0.1, 0.15) is 50.6 Å². The summed E-state index contributed by atoms with van der Waals surface area (Å²) in [6.07, 6.45) is 1.17. The van der Waals surface area contributed by atoms with Gasteiger partial charge in [-0.25, -0.2) is 0 Å². The van der Waals surface area contributed by atoms with E-state index in [2.05, 4.69) is 80.9 Å². The molecule has 0 amide bonds. The Kier molecular flexibility index (Phi) is 5.60. The Morgan fingerprint density at radius 3 is 2.33 bits per heavy atom. The SMILES string of the molecule is CC(C)CC(NCC(C)(C)c1cccs1)c1ccccc1. The molecule has 2 aromatic rings. The van der Waals surface area contributed by atoms with Crippen LogP contribution in [0, 0.1) is 5.92 Å². The van der Waals surface area contributed by atoms with Crippen LogP contribution in [0.2, 0.25) is 0 Å². The summed E-state index contributed by atoms with van der Waals surface area (Å²) < 4.78 is 0. The summed E-state index contributed by atoms with van der Waals surface area (Å²) in [4.78, 5) is 1.45. The number of thiophene rings is 1. The summed E-state index contributed by atoms with van der Waals surface area (Å²) in [5.74, 6) is 0.688. The highest BCUT2D eigenvalue weighted by Crippen LogP contribution is 2.28. The van der Waals surface area contributed by atoms with Crippen molar-refractivity contribution in [3.63, 3.8) is 0 Å². The third-order valence-electron chi connectivity index (χ3n) is 3.89. The predicted octanol–water partition coefficient (Wildman–Crippen LogP) is 5.40. The topological polar surface area (TPSA) is 12.0 Å². The van der Waals surface area contributed by atoms with Crippen molar-refractivity contribution < 1.29 is 0 Å². The largest absolute Gasteiger partial charge is 0.309 e. The molecule has 2 heteroatoms. The third-order valence-corrected chi connectivity index (χ3v) is 5.12. The summed E-state index contributed by atoms with van der Waals surface area (Å²) in [6.45, 7) is 10.2. The molecule has 1 heterocycles. The molecule has 1 aromatic heterocycles. The van der Waals surface area contributed by atoms with Gasteiger partial charge >= 0.3 is 0 Å². The van der Waals surface area contributed by atoms with Crippen molar-refractivity contribution in [2.75, 3.05) is 6.54 Å². The Balaban J connectivity index is 2.06. The van der Waals surface area contributed by atoms with Gasteiger partial charge in [0.25, 0.3) is 0 Å². The van der Waals surface area contributed by atoms with Crippen molar-refractivity contribution >= 4 is 11.3 Å². The van der Waals surface area contributed by atoms with E-state index in [0.717, 1.165) is 6.54 Å². The second kappa shape index (κ2) is 7.24. The first-order valence-electron chi connectivity index (χ1n) is 7.81. The van der Waals surface area contributed by atoms with E-state index >= 15 is 0 Å². The summed E-state index contributed by atoms with van der Waals surface area (Å²) in [5, 5.41) is 5.97. The Morgan fingerprint density at radius 1 is 1.05 bits per heavy atom. The van der Waals surface area contributed by atoms with Crippen LogP contribution in [0.3, 0.4) is 0 Å². The van der Waals surface area contributed by atoms with Gasteiger partial charge in [-0.05, 0) is 29.3 Å². The Morgan fingerprint density at radius 2 is 1.76 bits per heavy atom. The molecular formula is C19H27NS. The quantitative estimate of drug-likeness (QED) is 0.721. The molecule has 114 valence electrons. The second-order valence-corrected chi connectivity index (χ2v) is 7.78. The molecule has 21 heavy (non-hydrogen) atoms. The van der Waals surface area contributed by atoms with E-state index in [4.69, 9.17) is 0 Å². The fraction of sp³-hybridized carbons (Fsp3) is 0.474. The van der Waals surface area contributed by atoms with Crippen LogP contribution in [-0.2, 0) is 5.41 Å². The molecule has 0 aliphatic heterocycles. The van der Waals surface area contributed by atoms with Gasteiger partial charge in [-0.3, -0.25) is 0 Å². The first kappa shape index (κ1) is 16.3. The number of benzene rings is 1. The lowest BCUT2D eigenvalue weighted by Crippen LogP contribution is -2.35. The fourth-order valence-electron chi connectivity index (χ4n) is 2.62. The molecule has 1 unspecified atom stereocenters. The Labute approximate surface area is 133 Å². The lowest BCUT2D eigenvalue weighted by molar-refractivity contribution is 0.381. The molecule has 2 rings (SSSR count). The van der Waals surface area contributed by atoms with E-state index in [9.17, 15) is 0 Å². The van der Waals surface area contributed by atoms with Gasteiger partial charge in [0.1, 0.15) is 0 Å². The summed E-state index contributed by atoms with van der Waals surface area (Å²) >= 11 is 1.85. The maximum absolute atomic E-state index is 3.80. The van der Waals surface area contributed by atoms with Crippen molar-refractivity contribution in [2.24, 2.45) is 5.92 Å². The van der Waals surface area contributed by atoms with Gasteiger partial charge in [0, 0.05) is 22.9 Å². The Bertz CT molecular complexity index is 514. The number of nitrogens with one attached hydrogen (secondary N) is 1. The highest BCUT2D eigenvalue weighted by atomic mass is 32.1. The smallest absolute Gasteiger partial charge is 0.0323 e. The Hall–Kier alpha value is -1.12. The van der Waals surface area contributed by atoms with Gasteiger partial charge in [-0.15, -0.1) is 11.3 Å². The molecule has 0 spiro atoms. The van der Waals surface area contributed by atoms with E-state index in [1.165, 1.54) is 16.9 Å². The van der Waals surface area contributed by atoms with E-state index in [1.54, 1.807) is 0 Å². The molecule has 0 aliphatic carbocycles. The van der Waals surface area contributed by atoms with Crippen molar-refractivity contribution in [3.8, 4) is 0 Å². The number of rotatable bonds is 7. The standard InChI is InChI=1S/C19H27NS/c1-15(2)13-17(16-9-6-5-7-10-16)20-14-19(3,4)18-11-8-12-21-18/h5-12,15,17,20H,13-14H2,1-4H3. The molecule has 0 saturated carbocycles. The van der Waals surface area contributed by atoms with Crippen molar-refractivity contribution in [3.05, 3.63) is 58.3 Å². The second-order valence-electron chi connectivity index (χ2n) is 6.83. The van der Waals surface area contributed by atoms with Gasteiger partial charge in [0.15, 0.2) is 0 Å². The molecule has 0 bridgehead atoms. The maximum atomic E-state index is 3.80. The van der Waals surface area contributed by atoms with Crippen LogP contribution >= 0.6 is 11.3 Å². The molecular weight excluding hydrogens is 274 g/mol. The predicted molar refractivity (Wildman–Crippen MR) is 94.0 cm³/mol. The average Bonchev–Trinajstić information content (AvgIpc) is 2.99. The normalized spacial score (nSPS) is 13.6. The van der Waals surface area contributed by atoms with E-state index in [-0.39, 0.29) is 5.41 Å². The van der Waals surface area contributed by atoms with Crippen molar-refractivity contribution in [1.82, 2.24) is 5.32 Å². The van der Waals surface area contributed by atoms with E-state index in [1.807, 2.05) is 11.3 Å². The molecule has 0 aliphatic rings. The summed E-state index contributed by atoms with van der Waals surface area (Å²) in [6, 6.07) is 15.6. The van der Waals surface area contributed by atoms with Crippen molar-refractivity contribution in [1.29, 1.82) is 0 Å². The molecule has 1 aromatic carbocycles. The first-order chi connectivity index (χ1) is 9.99. The maximum Gasteiger partial charge on any atom is 0.0323 e. The monoisotopic (exact) mass is 301 g/mol. The van der Waals surface area contributed by atoms with Gasteiger partial charge < -0.3 is 5.32 Å². The number of hydrogen-bond donors (Lipinski definition) is 1. The van der Waals surface area contributed by atoms with E-state index < -0.39 is 0 Å². The van der Waals surface area contributed by atoms with E-state index in [0.29, 0.717) is 12.0 Å². The highest BCUT2D eigenvalue weighted by molar-refractivity contribution is 7.10. The molecule has 0 radical (unpaired) electrons. The minimum absolute atomic E-state index is 0.179. The zero-order valence-corrected chi connectivity index (χ0v) is 14.4. The zero-order valence-electron chi connectivity index (χ0n) is 13.6. The van der Waals surface area contributed by atoms with Crippen LogP contribution in [0.15, 0.2) is 47.8 Å². The summed E-state index contributed by atoms with van der Waals surface area (Å²) in [7, 11) is 0. The lowest BCUT2D eigenvalue weighted by Gasteiger charge is -2.29. The average molecular weight is 301 g/mol. The lowest BCUT2D eigenvalue weighted by atomic mass is 9.89. The fourth-order valence-corrected chi connectivity index (χ4v) is 3.48. The van der Waals surface area contributed by atoms with Crippen LogP contribution in [0.4, 0.5) is 0 Å². The highest BCUT2D eigenvalue weighted by Gasteiger charge is 2.23. The molecule has 0 fully saturated rings. The zero-order chi connectivity index (χ0) is 15.3. The van der Waals surface area contributed by atoms with Crippen LogP contribution in [0.5, 0.6) is 0 Å². The van der Waals surface area contributed by atoms with Gasteiger partial charge in [-0.2, -0.15) is 0 Å². The minimum atomic E-state index is 0.179. The molecule has 1 nitrogen and oxygen atoms in total. The molecule has 1 atom stereocenters. The first-order valence-corrected chi connectivity index (χ1v) is 8.69. The van der Waals surface area contributed by atoms with Crippen LogP contribution in [-0.4, -0.2) is 6.54 Å². The van der Waals surface area contributed by atoms with Crippen LogP contribution in [0.25, 0.3) is 0 Å². The van der Waals surface area contributed by atoms with Gasteiger partial charge in [0.05, 0.1) is 0 Å². The number of hydrogen-bond acceptors (Lipinski definition) is 2. The van der Waals surface area contributed by atoms with Crippen molar-refractivity contribution in [2.45, 2.75) is 45.6 Å². The third kappa shape index (κ3) is 4.69. The summed E-state index contributed by atoms with van der Waals surface area (Å²) in [5.41, 5.74) is 1.58. The minimum Gasteiger partial charge on any atom is -0.309 e. The van der Waals surface area contributed by atoms with Gasteiger partial charge in [-0.1, -0.05) is 64.1 Å². The molecule has 1 N–H and O–H groups in total. The molecule has 0 saturated heterocycles. The van der Waals surface area contributed by atoms with Gasteiger partial charge in [0.2, 0.25) is 0 Å². The van der Waals surface area contributed by atoms with Crippen LogP contribution < -0.4 is 5.32 Å².